The Hall–Kier alpha value is -1.84. The second kappa shape index (κ2) is 5.51. The van der Waals surface area contributed by atoms with Gasteiger partial charge in [-0.1, -0.05) is 5.21 Å². The van der Waals surface area contributed by atoms with Crippen LogP contribution >= 0.6 is 0 Å². The molecule has 3 rings (SSSR count). The molecule has 0 bridgehead atoms. The Balaban J connectivity index is 2.05. The maximum atomic E-state index is 11.7. The number of rotatable bonds is 4. The van der Waals surface area contributed by atoms with Crippen LogP contribution < -0.4 is 5.56 Å². The molecule has 0 aliphatic heterocycles. The second-order valence-electron chi connectivity index (χ2n) is 5.38. The SMILES string of the molecule is O=c1[nH]cnc2c1nnn2[C@@H]1C[C@H](CO)[C@@H](CO)[C@@H]1CO. The van der Waals surface area contributed by atoms with Crippen molar-refractivity contribution in [1.29, 1.82) is 0 Å². The van der Waals surface area contributed by atoms with Crippen LogP contribution in [0.2, 0.25) is 0 Å². The third kappa shape index (κ3) is 2.13. The van der Waals surface area contributed by atoms with Crippen molar-refractivity contribution in [1.82, 2.24) is 25.0 Å². The number of hydrogen-bond acceptors (Lipinski definition) is 7. The Labute approximate surface area is 119 Å². The highest BCUT2D eigenvalue weighted by atomic mass is 16.3. The minimum Gasteiger partial charge on any atom is -0.396 e. The van der Waals surface area contributed by atoms with Crippen LogP contribution in [0.1, 0.15) is 12.5 Å². The molecule has 0 radical (unpaired) electrons. The number of hydrogen-bond donors (Lipinski definition) is 4. The van der Waals surface area contributed by atoms with E-state index in [1.807, 2.05) is 0 Å². The quantitative estimate of drug-likeness (QED) is 0.526. The highest BCUT2D eigenvalue weighted by molar-refractivity contribution is 5.67. The van der Waals surface area contributed by atoms with Crippen LogP contribution in [-0.4, -0.2) is 60.1 Å². The van der Waals surface area contributed by atoms with Gasteiger partial charge in [0.2, 0.25) is 0 Å². The van der Waals surface area contributed by atoms with Crippen LogP contribution in [0.3, 0.4) is 0 Å². The van der Waals surface area contributed by atoms with E-state index in [1.54, 1.807) is 0 Å². The molecule has 2 aromatic heterocycles. The van der Waals surface area contributed by atoms with Gasteiger partial charge in [0.15, 0.2) is 11.2 Å². The van der Waals surface area contributed by atoms with E-state index < -0.39 is 0 Å². The summed E-state index contributed by atoms with van der Waals surface area (Å²) in [4.78, 5) is 18.2. The molecule has 0 spiro atoms. The predicted octanol–water partition coefficient (Wildman–Crippen LogP) is -1.72. The third-order valence-corrected chi connectivity index (χ3v) is 4.43. The normalized spacial score (nSPS) is 29.3. The van der Waals surface area contributed by atoms with E-state index in [4.69, 9.17) is 0 Å². The maximum Gasteiger partial charge on any atom is 0.280 e. The molecule has 1 aliphatic carbocycles. The van der Waals surface area contributed by atoms with Gasteiger partial charge in [-0.05, 0) is 18.3 Å². The number of aliphatic hydroxyl groups excluding tert-OH is 3. The second-order valence-corrected chi connectivity index (χ2v) is 5.38. The molecular weight excluding hydrogens is 278 g/mol. The van der Waals surface area contributed by atoms with Gasteiger partial charge >= 0.3 is 0 Å². The van der Waals surface area contributed by atoms with Crippen LogP contribution in [0.15, 0.2) is 11.1 Å². The molecule has 0 aromatic carbocycles. The van der Waals surface area contributed by atoms with Gasteiger partial charge in [-0.15, -0.1) is 5.10 Å². The highest BCUT2D eigenvalue weighted by Gasteiger charge is 2.44. The maximum absolute atomic E-state index is 11.7. The van der Waals surface area contributed by atoms with Gasteiger partial charge in [0.05, 0.1) is 12.4 Å². The summed E-state index contributed by atoms with van der Waals surface area (Å²) in [7, 11) is 0. The molecule has 0 amide bonds. The van der Waals surface area contributed by atoms with Crippen molar-refractivity contribution in [3.8, 4) is 0 Å². The van der Waals surface area contributed by atoms with Gasteiger partial charge in [-0.25, -0.2) is 9.67 Å². The van der Waals surface area contributed by atoms with Gasteiger partial charge in [-0.3, -0.25) is 4.79 Å². The molecule has 1 fully saturated rings. The van der Waals surface area contributed by atoms with Gasteiger partial charge in [0.1, 0.15) is 0 Å². The lowest BCUT2D eigenvalue weighted by atomic mass is 9.90. The molecule has 9 nitrogen and oxygen atoms in total. The van der Waals surface area contributed by atoms with E-state index >= 15 is 0 Å². The minimum absolute atomic E-state index is 0.0706. The Morgan fingerprint density at radius 1 is 1.24 bits per heavy atom. The zero-order valence-corrected chi connectivity index (χ0v) is 11.3. The van der Waals surface area contributed by atoms with Crippen LogP contribution in [0.4, 0.5) is 0 Å². The molecule has 0 unspecified atom stereocenters. The zero-order chi connectivity index (χ0) is 15.0. The summed E-state index contributed by atoms with van der Waals surface area (Å²) in [6.07, 6.45) is 1.82. The van der Waals surface area contributed by atoms with Gasteiger partial charge in [-0.2, -0.15) is 0 Å². The molecule has 1 aliphatic rings. The summed E-state index contributed by atoms with van der Waals surface area (Å²) in [5, 5.41) is 36.4. The summed E-state index contributed by atoms with van der Waals surface area (Å²) in [5.41, 5.74) is 0.113. The van der Waals surface area contributed by atoms with Crippen LogP contribution in [0.25, 0.3) is 11.2 Å². The van der Waals surface area contributed by atoms with E-state index in [0.29, 0.717) is 12.1 Å². The molecular formula is C12H17N5O4. The number of fused-ring (bicyclic) bond motifs is 1. The molecule has 1 saturated carbocycles. The molecule has 114 valence electrons. The van der Waals surface area contributed by atoms with Crippen LogP contribution in [0, 0.1) is 17.8 Å². The number of aliphatic hydroxyl groups is 3. The molecule has 4 atom stereocenters. The van der Waals surface area contributed by atoms with Gasteiger partial charge < -0.3 is 20.3 Å². The number of aromatic nitrogens is 5. The van der Waals surface area contributed by atoms with Crippen molar-refractivity contribution in [3.05, 3.63) is 16.7 Å². The standard InChI is InChI=1S/C12H17N5O4/c18-2-6-1-9(8(4-20)7(6)3-19)17-11-10(15-16-17)12(21)14-5-13-11/h5-9,18-20H,1-4H2,(H,13,14,21)/t6-,7-,8+,9-/m1/s1. The van der Waals surface area contributed by atoms with Crippen molar-refractivity contribution in [3.63, 3.8) is 0 Å². The third-order valence-electron chi connectivity index (χ3n) is 4.43. The van der Waals surface area contributed by atoms with E-state index in [0.717, 1.165) is 0 Å². The monoisotopic (exact) mass is 295 g/mol. The number of aromatic amines is 1. The zero-order valence-electron chi connectivity index (χ0n) is 11.3. The average molecular weight is 295 g/mol. The first kappa shape index (κ1) is 14.1. The van der Waals surface area contributed by atoms with Crippen molar-refractivity contribution < 1.29 is 15.3 Å². The molecule has 9 heteroatoms. The fourth-order valence-electron chi connectivity index (χ4n) is 3.33. The summed E-state index contributed by atoms with van der Waals surface area (Å²) < 4.78 is 1.52. The summed E-state index contributed by atoms with van der Waals surface area (Å²) in [6, 6.07) is -0.261. The number of H-pyrrole nitrogens is 1. The summed E-state index contributed by atoms with van der Waals surface area (Å²) in [6.45, 7) is -0.330. The fraction of sp³-hybridized carbons (Fsp3) is 0.667. The smallest absolute Gasteiger partial charge is 0.280 e. The summed E-state index contributed by atoms with van der Waals surface area (Å²) >= 11 is 0. The Morgan fingerprint density at radius 3 is 2.67 bits per heavy atom. The van der Waals surface area contributed by atoms with E-state index in [9.17, 15) is 20.1 Å². The van der Waals surface area contributed by atoms with Crippen LogP contribution in [0.5, 0.6) is 0 Å². The van der Waals surface area contributed by atoms with E-state index in [1.165, 1.54) is 11.0 Å². The first-order valence-corrected chi connectivity index (χ1v) is 6.82. The van der Waals surface area contributed by atoms with Gasteiger partial charge in [0.25, 0.3) is 5.56 Å². The number of nitrogens with one attached hydrogen (secondary N) is 1. The van der Waals surface area contributed by atoms with Crippen LogP contribution in [-0.2, 0) is 0 Å². The predicted molar refractivity (Wildman–Crippen MR) is 71.3 cm³/mol. The Bertz CT molecular complexity index is 684. The lowest BCUT2D eigenvalue weighted by Crippen LogP contribution is -2.27. The highest BCUT2D eigenvalue weighted by Crippen LogP contribution is 2.44. The lowest BCUT2D eigenvalue weighted by Gasteiger charge is -2.22. The van der Waals surface area contributed by atoms with Crippen molar-refractivity contribution in [2.45, 2.75) is 12.5 Å². The minimum atomic E-state index is -0.373. The Kier molecular flexibility index (Phi) is 3.70. The first-order chi connectivity index (χ1) is 10.2. The molecule has 2 aromatic rings. The fourth-order valence-corrected chi connectivity index (χ4v) is 3.33. The number of nitrogens with zero attached hydrogens (tertiary/aromatic N) is 4. The molecule has 21 heavy (non-hydrogen) atoms. The topological polar surface area (TPSA) is 137 Å². The van der Waals surface area contributed by atoms with E-state index in [-0.39, 0.29) is 54.7 Å². The first-order valence-electron chi connectivity index (χ1n) is 6.82. The van der Waals surface area contributed by atoms with Crippen molar-refractivity contribution in [2.75, 3.05) is 19.8 Å². The Morgan fingerprint density at radius 2 is 2.00 bits per heavy atom. The van der Waals surface area contributed by atoms with Crippen molar-refractivity contribution >= 4 is 11.2 Å². The van der Waals surface area contributed by atoms with Crippen molar-refractivity contribution in [2.24, 2.45) is 17.8 Å². The molecule has 0 saturated heterocycles. The molecule has 4 N–H and O–H groups in total. The lowest BCUT2D eigenvalue weighted by molar-refractivity contribution is 0.0843. The molecule has 2 heterocycles. The average Bonchev–Trinajstić information content (AvgIpc) is 3.07. The van der Waals surface area contributed by atoms with Gasteiger partial charge in [0, 0.05) is 25.7 Å². The summed E-state index contributed by atoms with van der Waals surface area (Å²) in [5.74, 6) is -0.609. The largest absolute Gasteiger partial charge is 0.396 e. The van der Waals surface area contributed by atoms with E-state index in [2.05, 4.69) is 20.3 Å².